The van der Waals surface area contributed by atoms with E-state index in [0.29, 0.717) is 41.1 Å². The maximum absolute atomic E-state index is 15.5. The van der Waals surface area contributed by atoms with Gasteiger partial charge in [-0.1, -0.05) is 24.3 Å². The summed E-state index contributed by atoms with van der Waals surface area (Å²) >= 11 is 0. The summed E-state index contributed by atoms with van der Waals surface area (Å²) in [5.74, 6) is -0.679. The van der Waals surface area contributed by atoms with Gasteiger partial charge in [0.05, 0.1) is 47.6 Å². The van der Waals surface area contributed by atoms with Gasteiger partial charge in [0, 0.05) is 37.1 Å². The number of hydrogen-bond donors (Lipinski definition) is 2. The lowest BCUT2D eigenvalue weighted by Crippen LogP contribution is -2.37. The number of halogens is 1. The van der Waals surface area contributed by atoms with E-state index in [0.717, 1.165) is 54.0 Å². The van der Waals surface area contributed by atoms with Crippen molar-refractivity contribution in [1.29, 1.82) is 0 Å². The van der Waals surface area contributed by atoms with Gasteiger partial charge < -0.3 is 23.9 Å². The molecule has 0 bridgehead atoms. The summed E-state index contributed by atoms with van der Waals surface area (Å²) in [6.45, 7) is 6.66. The minimum atomic E-state index is -1.33. The van der Waals surface area contributed by atoms with E-state index in [1.165, 1.54) is 0 Å². The van der Waals surface area contributed by atoms with Crippen LogP contribution in [-0.4, -0.2) is 61.0 Å². The molecule has 1 unspecified atom stereocenters. The number of nitrogens with one attached hydrogen (secondary N) is 1. The Morgan fingerprint density at radius 2 is 2.07 bits per heavy atom. The third-order valence-corrected chi connectivity index (χ3v) is 9.25. The lowest BCUT2D eigenvalue weighted by Gasteiger charge is -2.33. The van der Waals surface area contributed by atoms with Crippen LogP contribution in [-0.2, 0) is 23.6 Å². The number of aromatic amines is 1. The van der Waals surface area contributed by atoms with Gasteiger partial charge in [-0.2, -0.15) is 5.10 Å². The molecule has 3 atom stereocenters. The zero-order chi connectivity index (χ0) is 30.9. The van der Waals surface area contributed by atoms with E-state index < -0.39 is 17.6 Å². The summed E-state index contributed by atoms with van der Waals surface area (Å²) in [6, 6.07) is 14.5. The first-order valence-electron chi connectivity index (χ1n) is 15.2. The van der Waals surface area contributed by atoms with E-state index >= 15 is 4.39 Å². The van der Waals surface area contributed by atoms with Crippen molar-refractivity contribution in [1.82, 2.24) is 24.6 Å². The molecule has 3 aliphatic heterocycles. The predicted octanol–water partition coefficient (Wildman–Crippen LogP) is 5.86. The summed E-state index contributed by atoms with van der Waals surface area (Å²) in [6.07, 6.45) is 5.66. The molecule has 11 heteroatoms. The number of benzene rings is 3. The first-order chi connectivity index (χ1) is 21.8. The van der Waals surface area contributed by atoms with Crippen molar-refractivity contribution in [3.05, 3.63) is 89.1 Å². The number of hydrogen-bond acceptors (Lipinski definition) is 7. The number of carbonyl (C=O) groups is 1. The van der Waals surface area contributed by atoms with Crippen LogP contribution in [0.25, 0.3) is 27.5 Å². The van der Waals surface area contributed by atoms with Crippen LogP contribution in [0, 0.1) is 5.82 Å². The zero-order valence-corrected chi connectivity index (χ0v) is 24.9. The van der Waals surface area contributed by atoms with Crippen LogP contribution >= 0.6 is 0 Å². The standard InChI is InChI=1S/C34H32FN5O5/c1-19-14-20(24-4-3-5-28-32(24)45-34(2,44-28)25-8-6-22-16-36-38-31(22)30(25)35)10-12-39(19)18-29-37-26-9-7-21(33(41)42)15-27(26)40(29)17-23-11-13-43-23/h3-9,14-16,19,23H,10-13,17-18H2,1-2H3,(H,36,38)(H,41,42)/t19-,23-,34?/m0/s1. The first-order valence-corrected chi connectivity index (χ1v) is 15.2. The number of aromatic carboxylic acids is 1. The van der Waals surface area contributed by atoms with E-state index in [4.69, 9.17) is 19.2 Å². The van der Waals surface area contributed by atoms with Gasteiger partial charge in [-0.15, -0.1) is 0 Å². The largest absolute Gasteiger partial charge is 0.478 e. The van der Waals surface area contributed by atoms with Crippen molar-refractivity contribution in [3.8, 4) is 11.5 Å². The molecule has 0 amide bonds. The molecule has 2 aromatic heterocycles. The Balaban J connectivity index is 1.06. The number of carboxylic acids is 1. The lowest BCUT2D eigenvalue weighted by atomic mass is 9.95. The van der Waals surface area contributed by atoms with Crippen molar-refractivity contribution in [2.24, 2.45) is 0 Å². The van der Waals surface area contributed by atoms with Crippen LogP contribution < -0.4 is 9.47 Å². The van der Waals surface area contributed by atoms with Crippen LogP contribution in [0.3, 0.4) is 0 Å². The molecule has 45 heavy (non-hydrogen) atoms. The molecule has 0 saturated carbocycles. The van der Waals surface area contributed by atoms with E-state index in [1.54, 1.807) is 43.5 Å². The second kappa shape index (κ2) is 10.4. The van der Waals surface area contributed by atoms with Gasteiger partial charge in [0.2, 0.25) is 0 Å². The minimum Gasteiger partial charge on any atom is -0.478 e. The smallest absolute Gasteiger partial charge is 0.335 e. The number of carboxylic acid groups (broad SMARTS) is 1. The molecular weight excluding hydrogens is 577 g/mol. The molecule has 5 heterocycles. The third kappa shape index (κ3) is 4.65. The van der Waals surface area contributed by atoms with Crippen molar-refractivity contribution in [2.45, 2.75) is 57.7 Å². The van der Waals surface area contributed by atoms with Gasteiger partial charge in [-0.05, 0) is 55.7 Å². The molecule has 3 aromatic carbocycles. The average molecular weight is 610 g/mol. The number of fused-ring (bicyclic) bond motifs is 3. The summed E-state index contributed by atoms with van der Waals surface area (Å²) < 4.78 is 36.1. The number of nitrogens with zero attached hydrogens (tertiary/aromatic N) is 4. The number of H-pyrrole nitrogens is 1. The highest BCUT2D eigenvalue weighted by atomic mass is 19.1. The molecule has 0 spiro atoms. The number of para-hydroxylation sites is 1. The second-order valence-corrected chi connectivity index (χ2v) is 12.1. The molecule has 10 nitrogen and oxygen atoms in total. The summed E-state index contributed by atoms with van der Waals surface area (Å²) in [5.41, 5.74) is 4.51. The Morgan fingerprint density at radius 1 is 1.20 bits per heavy atom. The molecule has 3 aliphatic rings. The fourth-order valence-corrected chi connectivity index (χ4v) is 6.66. The topological polar surface area (TPSA) is 115 Å². The Kier molecular flexibility index (Phi) is 6.43. The van der Waals surface area contributed by atoms with Gasteiger partial charge in [0.1, 0.15) is 11.3 Å². The zero-order valence-electron chi connectivity index (χ0n) is 24.9. The highest BCUT2D eigenvalue weighted by Crippen LogP contribution is 2.49. The molecule has 0 aliphatic carbocycles. The molecule has 2 N–H and O–H groups in total. The van der Waals surface area contributed by atoms with Gasteiger partial charge in [0.15, 0.2) is 17.3 Å². The van der Waals surface area contributed by atoms with Crippen LogP contribution in [0.2, 0.25) is 0 Å². The van der Waals surface area contributed by atoms with Crippen LogP contribution in [0.15, 0.2) is 60.8 Å². The lowest BCUT2D eigenvalue weighted by molar-refractivity contribution is -0.0706. The van der Waals surface area contributed by atoms with Crippen LogP contribution in [0.5, 0.6) is 11.5 Å². The average Bonchev–Trinajstić information content (AvgIpc) is 3.71. The van der Waals surface area contributed by atoms with Gasteiger partial charge >= 0.3 is 5.97 Å². The van der Waals surface area contributed by atoms with E-state index in [1.807, 2.05) is 18.2 Å². The Labute approximate surface area is 258 Å². The molecule has 5 aromatic rings. The quantitative estimate of drug-likeness (QED) is 0.236. The fraction of sp³-hybridized carbons (Fsp3) is 0.324. The van der Waals surface area contributed by atoms with Crippen molar-refractivity contribution in [2.75, 3.05) is 13.2 Å². The van der Waals surface area contributed by atoms with Crippen molar-refractivity contribution < 1.29 is 28.5 Å². The molecule has 8 rings (SSSR count). The summed E-state index contributed by atoms with van der Waals surface area (Å²) in [5, 5.41) is 16.9. The Hall–Kier alpha value is -4.74. The highest BCUT2D eigenvalue weighted by molar-refractivity contribution is 5.92. The van der Waals surface area contributed by atoms with Crippen LogP contribution in [0.4, 0.5) is 4.39 Å². The summed E-state index contributed by atoms with van der Waals surface area (Å²) in [7, 11) is 0. The van der Waals surface area contributed by atoms with Crippen LogP contribution in [0.1, 0.15) is 54.0 Å². The van der Waals surface area contributed by atoms with E-state index in [-0.39, 0.29) is 17.7 Å². The van der Waals surface area contributed by atoms with Crippen molar-refractivity contribution >= 4 is 33.5 Å². The minimum absolute atomic E-state index is 0.0846. The van der Waals surface area contributed by atoms with Gasteiger partial charge in [0.25, 0.3) is 5.79 Å². The fourth-order valence-electron chi connectivity index (χ4n) is 6.66. The van der Waals surface area contributed by atoms with E-state index in [9.17, 15) is 9.90 Å². The van der Waals surface area contributed by atoms with E-state index in [2.05, 4.69) is 32.7 Å². The number of aromatic nitrogens is 4. The molecule has 230 valence electrons. The molecule has 1 fully saturated rings. The number of ether oxygens (including phenoxy) is 3. The first kappa shape index (κ1) is 27.8. The molecule has 0 radical (unpaired) electrons. The summed E-state index contributed by atoms with van der Waals surface area (Å²) in [4.78, 5) is 19.0. The molecular formula is C34H32FN5O5. The maximum Gasteiger partial charge on any atom is 0.335 e. The Bertz CT molecular complexity index is 2010. The third-order valence-electron chi connectivity index (χ3n) is 9.25. The normalized spacial score (nSPS) is 23.0. The molecule has 1 saturated heterocycles. The maximum atomic E-state index is 15.5. The monoisotopic (exact) mass is 609 g/mol. The Morgan fingerprint density at radius 3 is 2.84 bits per heavy atom. The second-order valence-electron chi connectivity index (χ2n) is 12.1. The van der Waals surface area contributed by atoms with Crippen molar-refractivity contribution in [3.63, 3.8) is 0 Å². The highest BCUT2D eigenvalue weighted by Gasteiger charge is 2.43. The SMILES string of the molecule is C[C@H]1C=C(c2cccc3c2OC(C)(c2ccc4cn[nH]c4c2F)O3)CCN1Cc1nc2ccc(C(=O)O)cc2n1C[C@@H]1CCO1. The van der Waals surface area contributed by atoms with Gasteiger partial charge in [-0.25, -0.2) is 14.2 Å². The number of rotatable bonds is 7. The predicted molar refractivity (Wildman–Crippen MR) is 165 cm³/mol. The van der Waals surface area contributed by atoms with Gasteiger partial charge in [-0.3, -0.25) is 10.00 Å². The number of imidazole rings is 1.